The van der Waals surface area contributed by atoms with Gasteiger partial charge in [0.15, 0.2) is 0 Å². The van der Waals surface area contributed by atoms with Gasteiger partial charge in [-0.05, 0) is 30.7 Å². The largest absolute Gasteiger partial charge is 0.465 e. The lowest BCUT2D eigenvalue weighted by Gasteiger charge is -2.33. The summed E-state index contributed by atoms with van der Waals surface area (Å²) >= 11 is 0. The molecule has 0 amide bonds. The van der Waals surface area contributed by atoms with Crippen molar-refractivity contribution in [2.24, 2.45) is 5.92 Å². The Morgan fingerprint density at radius 1 is 1.24 bits per heavy atom. The minimum Gasteiger partial charge on any atom is -0.465 e. The van der Waals surface area contributed by atoms with Crippen molar-refractivity contribution in [2.45, 2.75) is 13.0 Å². The summed E-state index contributed by atoms with van der Waals surface area (Å²) in [6, 6.07) is 11.2. The number of aromatic nitrogens is 3. The Balaban J connectivity index is 1.59. The molecule has 1 aromatic heterocycles. The second-order valence-electron chi connectivity index (χ2n) is 7.12. The summed E-state index contributed by atoms with van der Waals surface area (Å²) in [6.07, 6.45) is 1.37. The van der Waals surface area contributed by atoms with E-state index in [-0.39, 0.29) is 23.6 Å². The van der Waals surface area contributed by atoms with Crippen LogP contribution in [0.1, 0.15) is 28.9 Å². The smallest absolute Gasteiger partial charge is 0.343 e. The maximum absolute atomic E-state index is 12.7. The Bertz CT molecular complexity index is 1240. The van der Waals surface area contributed by atoms with E-state index < -0.39 is 28.8 Å². The van der Waals surface area contributed by atoms with E-state index in [1.54, 1.807) is 35.9 Å². The molecule has 1 N–H and O–H groups in total. The summed E-state index contributed by atoms with van der Waals surface area (Å²) < 4.78 is 12.1. The van der Waals surface area contributed by atoms with Crippen LogP contribution in [0.3, 0.4) is 0 Å². The molecule has 2 heterocycles. The summed E-state index contributed by atoms with van der Waals surface area (Å²) in [5, 5.41) is 18.1. The minimum atomic E-state index is -0.752. The number of non-ortho nitro benzene ring substituents is 1. The van der Waals surface area contributed by atoms with Gasteiger partial charge in [0.05, 0.1) is 23.1 Å². The van der Waals surface area contributed by atoms with Gasteiger partial charge in [-0.25, -0.2) is 9.48 Å². The number of hydrogen-bond donors (Lipinski definition) is 1. The molecule has 0 saturated carbocycles. The lowest BCUT2D eigenvalue weighted by atomic mass is 9.89. The predicted molar refractivity (Wildman–Crippen MR) is 116 cm³/mol. The number of nitrogens with one attached hydrogen (secondary N) is 1. The van der Waals surface area contributed by atoms with E-state index in [0.717, 1.165) is 6.07 Å². The van der Waals surface area contributed by atoms with Gasteiger partial charge in [0.25, 0.3) is 5.69 Å². The molecule has 33 heavy (non-hydrogen) atoms. The Kier molecular flexibility index (Phi) is 5.85. The fourth-order valence-electron chi connectivity index (χ4n) is 3.58. The molecule has 0 spiro atoms. The monoisotopic (exact) mass is 449 g/mol. The van der Waals surface area contributed by atoms with Crippen LogP contribution in [-0.2, 0) is 9.53 Å². The fourth-order valence-corrected chi connectivity index (χ4v) is 3.58. The van der Waals surface area contributed by atoms with Gasteiger partial charge in [-0.15, -0.1) is 0 Å². The quantitative estimate of drug-likeness (QED) is 0.260. The van der Waals surface area contributed by atoms with Crippen molar-refractivity contribution < 1.29 is 24.0 Å². The first-order valence-electron chi connectivity index (χ1n) is 9.97. The van der Waals surface area contributed by atoms with E-state index in [9.17, 15) is 19.7 Å². The Labute approximate surface area is 187 Å². The number of nitro groups is 1. The number of nitro benzene ring substituents is 1. The molecule has 0 fully saturated rings. The number of fused-ring (bicyclic) bond motifs is 1. The third-order valence-corrected chi connectivity index (χ3v) is 5.07. The van der Waals surface area contributed by atoms with E-state index in [2.05, 4.69) is 22.0 Å². The number of rotatable bonds is 6. The highest BCUT2D eigenvalue weighted by Gasteiger charge is 2.40. The molecule has 1 aliphatic heterocycles. The van der Waals surface area contributed by atoms with E-state index in [1.165, 1.54) is 24.5 Å². The van der Waals surface area contributed by atoms with Gasteiger partial charge in [0, 0.05) is 17.8 Å². The molecule has 2 aromatic carbocycles. The van der Waals surface area contributed by atoms with Gasteiger partial charge in [-0.2, -0.15) is 10.1 Å². The van der Waals surface area contributed by atoms with Crippen molar-refractivity contribution in [1.29, 1.82) is 0 Å². The van der Waals surface area contributed by atoms with Gasteiger partial charge < -0.3 is 14.8 Å². The normalized spacial score (nSPS) is 16.9. The summed E-state index contributed by atoms with van der Waals surface area (Å²) in [6.45, 7) is 5.89. The molecule has 11 nitrogen and oxygen atoms in total. The SMILES string of the molecule is C=C1Nc2ncnn2[C@@H](c2ccc(OC(=O)c3cccc([N+](=O)[O-])c3)cc2)[C@@H]1C(=O)OCC. The average Bonchev–Trinajstić information content (AvgIpc) is 3.27. The Hall–Kier alpha value is -4.54. The molecule has 0 unspecified atom stereocenters. The highest BCUT2D eigenvalue weighted by Crippen LogP contribution is 2.38. The molecule has 3 aromatic rings. The first-order chi connectivity index (χ1) is 15.9. The molecular formula is C22H19N5O6. The van der Waals surface area contributed by atoms with Crippen LogP contribution in [0.4, 0.5) is 11.6 Å². The predicted octanol–water partition coefficient (Wildman–Crippen LogP) is 3.11. The zero-order valence-corrected chi connectivity index (χ0v) is 17.5. The summed E-state index contributed by atoms with van der Waals surface area (Å²) in [4.78, 5) is 39.6. The highest BCUT2D eigenvalue weighted by atomic mass is 16.6. The van der Waals surface area contributed by atoms with E-state index in [4.69, 9.17) is 9.47 Å². The second kappa shape index (κ2) is 8.91. The lowest BCUT2D eigenvalue weighted by molar-refractivity contribution is -0.384. The van der Waals surface area contributed by atoms with Crippen LogP contribution in [0.2, 0.25) is 0 Å². The number of hydrogen-bond acceptors (Lipinski definition) is 9. The number of benzene rings is 2. The fraction of sp³-hybridized carbons (Fsp3) is 0.182. The van der Waals surface area contributed by atoms with Crippen LogP contribution >= 0.6 is 0 Å². The number of nitrogens with zero attached hydrogens (tertiary/aromatic N) is 4. The number of carbonyl (C=O) groups excluding carboxylic acids is 2. The minimum absolute atomic E-state index is 0.0533. The zero-order chi connectivity index (χ0) is 23.5. The van der Waals surface area contributed by atoms with E-state index >= 15 is 0 Å². The number of ether oxygens (including phenoxy) is 2. The first-order valence-corrected chi connectivity index (χ1v) is 9.97. The van der Waals surface area contributed by atoms with Crippen molar-refractivity contribution in [1.82, 2.24) is 14.8 Å². The lowest BCUT2D eigenvalue weighted by Crippen LogP contribution is -2.37. The molecule has 0 bridgehead atoms. The summed E-state index contributed by atoms with van der Waals surface area (Å²) in [5.74, 6) is -1.27. The number of anilines is 1. The maximum Gasteiger partial charge on any atom is 0.343 e. The standard InChI is InChI=1S/C22H19N5O6/c1-3-32-21(29)18-13(2)25-22-23-12-24-26(22)19(18)14-7-9-17(10-8-14)33-20(28)15-5-4-6-16(11-15)27(30)31/h4-12,18-19H,2-3H2,1H3,(H,23,24,25)/t18-,19+/m1/s1. The average molecular weight is 449 g/mol. The van der Waals surface area contributed by atoms with Crippen molar-refractivity contribution >= 4 is 23.6 Å². The molecular weight excluding hydrogens is 430 g/mol. The molecule has 0 radical (unpaired) electrons. The van der Waals surface area contributed by atoms with Crippen molar-refractivity contribution in [3.05, 3.63) is 88.4 Å². The van der Waals surface area contributed by atoms with E-state index in [1.807, 2.05) is 0 Å². The summed E-state index contributed by atoms with van der Waals surface area (Å²) in [7, 11) is 0. The van der Waals surface area contributed by atoms with Crippen LogP contribution in [-0.4, -0.2) is 38.2 Å². The molecule has 0 aliphatic carbocycles. The van der Waals surface area contributed by atoms with Crippen LogP contribution in [0.25, 0.3) is 0 Å². The van der Waals surface area contributed by atoms with Crippen molar-refractivity contribution in [3.63, 3.8) is 0 Å². The topological polar surface area (TPSA) is 138 Å². The molecule has 4 rings (SSSR count). The second-order valence-corrected chi connectivity index (χ2v) is 7.12. The highest BCUT2D eigenvalue weighted by molar-refractivity contribution is 5.91. The van der Waals surface area contributed by atoms with Crippen molar-refractivity contribution in [2.75, 3.05) is 11.9 Å². The van der Waals surface area contributed by atoms with Crippen molar-refractivity contribution in [3.8, 4) is 5.75 Å². The maximum atomic E-state index is 12.7. The first kappa shape index (κ1) is 21.7. The Morgan fingerprint density at radius 2 is 2.00 bits per heavy atom. The van der Waals surface area contributed by atoms with Crippen LogP contribution < -0.4 is 10.1 Å². The van der Waals surface area contributed by atoms with Gasteiger partial charge >= 0.3 is 11.9 Å². The van der Waals surface area contributed by atoms with Gasteiger partial charge in [0.2, 0.25) is 5.95 Å². The Morgan fingerprint density at radius 3 is 2.70 bits per heavy atom. The molecule has 0 saturated heterocycles. The third kappa shape index (κ3) is 4.28. The summed E-state index contributed by atoms with van der Waals surface area (Å²) in [5.41, 5.74) is 0.967. The number of carbonyl (C=O) groups is 2. The van der Waals surface area contributed by atoms with Crippen LogP contribution in [0.15, 0.2) is 67.1 Å². The van der Waals surface area contributed by atoms with Crippen LogP contribution in [0.5, 0.6) is 5.75 Å². The van der Waals surface area contributed by atoms with Gasteiger partial charge in [-0.3, -0.25) is 14.9 Å². The van der Waals surface area contributed by atoms with E-state index in [0.29, 0.717) is 17.2 Å². The number of esters is 2. The molecule has 11 heteroatoms. The third-order valence-electron chi connectivity index (χ3n) is 5.07. The van der Waals surface area contributed by atoms with Crippen LogP contribution in [0, 0.1) is 16.0 Å². The molecule has 168 valence electrons. The van der Waals surface area contributed by atoms with Gasteiger partial charge in [0.1, 0.15) is 18.0 Å². The van der Waals surface area contributed by atoms with Gasteiger partial charge in [-0.1, -0.05) is 24.8 Å². The zero-order valence-electron chi connectivity index (χ0n) is 17.5. The molecule has 2 atom stereocenters. The molecule has 1 aliphatic rings.